The van der Waals surface area contributed by atoms with Gasteiger partial charge in [0.25, 0.3) is 0 Å². The molecule has 1 fully saturated rings. The van der Waals surface area contributed by atoms with Crippen LogP contribution in [0.15, 0.2) is 48.7 Å². The van der Waals surface area contributed by atoms with Crippen molar-refractivity contribution in [3.05, 3.63) is 65.4 Å². The molecule has 0 aliphatic carbocycles. The summed E-state index contributed by atoms with van der Waals surface area (Å²) in [5, 5.41) is 1.18. The molecule has 8 nitrogen and oxygen atoms in total. The number of ether oxygens (including phenoxy) is 4. The fraction of sp³-hybridized carbons (Fsp3) is 0.467. The lowest BCUT2D eigenvalue weighted by Crippen LogP contribution is -2.38. The van der Waals surface area contributed by atoms with Crippen molar-refractivity contribution in [1.82, 2.24) is 4.57 Å². The number of rotatable bonds is 12. The quantitative estimate of drug-likeness (QED) is 0.158. The highest BCUT2D eigenvalue weighted by Crippen LogP contribution is 2.36. The summed E-state index contributed by atoms with van der Waals surface area (Å²) in [6.07, 6.45) is 5.55. The van der Waals surface area contributed by atoms with E-state index in [2.05, 4.69) is 42.0 Å². The van der Waals surface area contributed by atoms with Crippen molar-refractivity contribution in [3.63, 3.8) is 0 Å². The number of carbonyl (C=O) groups is 2. The zero-order chi connectivity index (χ0) is 27.8. The second kappa shape index (κ2) is 13.9. The summed E-state index contributed by atoms with van der Waals surface area (Å²) in [4.78, 5) is 23.2. The van der Waals surface area contributed by atoms with E-state index in [1.807, 2.05) is 24.5 Å². The molecular weight excluding hydrogens is 518 g/mol. The number of hydrogen-bond acceptors (Lipinski definition) is 8. The minimum absolute atomic E-state index is 0.119. The van der Waals surface area contributed by atoms with Gasteiger partial charge in [0, 0.05) is 50.9 Å². The molecule has 0 bridgehead atoms. The van der Waals surface area contributed by atoms with Crippen molar-refractivity contribution < 1.29 is 32.7 Å². The Balaban J connectivity index is 1.55. The third kappa shape index (κ3) is 8.00. The van der Waals surface area contributed by atoms with Crippen LogP contribution in [0.1, 0.15) is 56.0 Å². The Hall–Kier alpha value is -3.01. The van der Waals surface area contributed by atoms with E-state index in [0.717, 1.165) is 24.1 Å². The minimum atomic E-state index is -0.373. The van der Waals surface area contributed by atoms with Gasteiger partial charge in [-0.1, -0.05) is 24.3 Å². The molecule has 2 heterocycles. The van der Waals surface area contributed by atoms with Gasteiger partial charge in [-0.3, -0.25) is 9.59 Å². The van der Waals surface area contributed by atoms with Crippen LogP contribution in [-0.2, 0) is 34.4 Å². The molecule has 3 atom stereocenters. The molecule has 39 heavy (non-hydrogen) atoms. The monoisotopic (exact) mass is 555 g/mol. The molecule has 2 aromatic carbocycles. The molecule has 210 valence electrons. The summed E-state index contributed by atoms with van der Waals surface area (Å²) in [7, 11) is 0. The lowest BCUT2D eigenvalue weighted by Gasteiger charge is -2.35. The van der Waals surface area contributed by atoms with Gasteiger partial charge in [0.1, 0.15) is 24.7 Å². The first kappa shape index (κ1) is 29.0. The normalized spacial score (nSPS) is 19.1. The maximum atomic E-state index is 11.7. The summed E-state index contributed by atoms with van der Waals surface area (Å²) < 4.78 is 30.5. The Morgan fingerprint density at radius 3 is 2.56 bits per heavy atom. The van der Waals surface area contributed by atoms with E-state index in [4.69, 9.17) is 23.1 Å². The predicted molar refractivity (Wildman–Crippen MR) is 151 cm³/mol. The molecule has 0 spiro atoms. The highest BCUT2D eigenvalue weighted by molar-refractivity contribution is 7.93. The fourth-order valence-corrected chi connectivity index (χ4v) is 5.33. The molecule has 3 aromatic rings. The van der Waals surface area contributed by atoms with Crippen LogP contribution in [0, 0.1) is 6.92 Å². The summed E-state index contributed by atoms with van der Waals surface area (Å²) in [5.41, 5.74) is 4.58. The van der Waals surface area contributed by atoms with Gasteiger partial charge < -0.3 is 27.7 Å². The Labute approximate surface area is 234 Å². The topological polar surface area (TPSA) is 85.2 Å². The number of esters is 2. The largest absolute Gasteiger partial charge is 0.494 e. The first-order valence-corrected chi connectivity index (χ1v) is 14.4. The molecule has 0 N–H and O–H groups in total. The van der Waals surface area contributed by atoms with Crippen LogP contribution < -0.4 is 4.74 Å². The van der Waals surface area contributed by atoms with Crippen LogP contribution in [0.4, 0.5) is 0 Å². The zero-order valence-electron chi connectivity index (χ0n) is 23.0. The van der Waals surface area contributed by atoms with Crippen LogP contribution >= 0.6 is 12.0 Å². The summed E-state index contributed by atoms with van der Waals surface area (Å²) in [5.74, 6) is 0.143. The predicted octanol–water partition coefficient (Wildman–Crippen LogP) is 5.78. The van der Waals surface area contributed by atoms with Crippen LogP contribution in [0.25, 0.3) is 10.9 Å². The maximum absolute atomic E-state index is 11.7. The van der Waals surface area contributed by atoms with Gasteiger partial charge in [0.05, 0.1) is 24.8 Å². The SMILES string of the molecule is CSOCCCOc1ccc(Cc2cn(C3CC(OC(C)=O)CC(COC(C)=O)O3)c3cccc(C)c23)cc1. The molecule has 1 aromatic heterocycles. The molecular formula is C30H37NO7S. The molecule has 9 heteroatoms. The highest BCUT2D eigenvalue weighted by Gasteiger charge is 2.34. The van der Waals surface area contributed by atoms with Crippen molar-refractivity contribution in [1.29, 1.82) is 0 Å². The Bertz CT molecular complexity index is 1260. The highest BCUT2D eigenvalue weighted by atomic mass is 32.2. The van der Waals surface area contributed by atoms with Gasteiger partial charge in [0.2, 0.25) is 0 Å². The third-order valence-corrected chi connectivity index (χ3v) is 7.08. The van der Waals surface area contributed by atoms with Crippen LogP contribution in [0.2, 0.25) is 0 Å². The number of fused-ring (bicyclic) bond motifs is 1. The van der Waals surface area contributed by atoms with Crippen molar-refractivity contribution in [2.75, 3.05) is 26.1 Å². The van der Waals surface area contributed by atoms with Crippen LogP contribution in [0.5, 0.6) is 5.75 Å². The van der Waals surface area contributed by atoms with E-state index in [0.29, 0.717) is 26.1 Å². The minimum Gasteiger partial charge on any atom is -0.494 e. The van der Waals surface area contributed by atoms with E-state index in [9.17, 15) is 9.59 Å². The van der Waals surface area contributed by atoms with Gasteiger partial charge in [-0.2, -0.15) is 0 Å². The van der Waals surface area contributed by atoms with Crippen LogP contribution in [0.3, 0.4) is 0 Å². The number of aromatic nitrogens is 1. The van der Waals surface area contributed by atoms with Gasteiger partial charge in [-0.25, -0.2) is 0 Å². The summed E-state index contributed by atoms with van der Waals surface area (Å²) in [6.45, 7) is 6.29. The Morgan fingerprint density at radius 1 is 1.05 bits per heavy atom. The van der Waals surface area contributed by atoms with Crippen molar-refractivity contribution >= 4 is 34.9 Å². The summed E-state index contributed by atoms with van der Waals surface area (Å²) in [6, 6.07) is 14.4. The summed E-state index contributed by atoms with van der Waals surface area (Å²) >= 11 is 1.37. The number of nitrogens with zero attached hydrogens (tertiary/aromatic N) is 1. The molecule has 1 aliphatic rings. The molecule has 0 radical (unpaired) electrons. The second-order valence-corrected chi connectivity index (χ2v) is 10.3. The van der Waals surface area contributed by atoms with E-state index >= 15 is 0 Å². The second-order valence-electron chi connectivity index (χ2n) is 9.76. The lowest BCUT2D eigenvalue weighted by atomic mass is 10.0. The number of carbonyl (C=O) groups excluding carboxylic acids is 2. The Kier molecular flexibility index (Phi) is 10.3. The molecule has 0 saturated carbocycles. The Morgan fingerprint density at radius 2 is 1.85 bits per heavy atom. The average molecular weight is 556 g/mol. The fourth-order valence-electron chi connectivity index (χ4n) is 5.05. The van der Waals surface area contributed by atoms with E-state index in [1.54, 1.807) is 0 Å². The van der Waals surface area contributed by atoms with Gasteiger partial charge in [0.15, 0.2) is 0 Å². The molecule has 1 aliphatic heterocycles. The number of hydrogen-bond donors (Lipinski definition) is 0. The first-order chi connectivity index (χ1) is 18.8. The van der Waals surface area contributed by atoms with Gasteiger partial charge >= 0.3 is 11.9 Å². The zero-order valence-corrected chi connectivity index (χ0v) is 23.8. The van der Waals surface area contributed by atoms with E-state index in [1.165, 1.54) is 48.0 Å². The average Bonchev–Trinajstić information content (AvgIpc) is 3.27. The van der Waals surface area contributed by atoms with E-state index in [-0.39, 0.29) is 37.0 Å². The first-order valence-electron chi connectivity index (χ1n) is 13.3. The number of aryl methyl sites for hydroxylation is 1. The van der Waals surface area contributed by atoms with Crippen LogP contribution in [-0.4, -0.2) is 54.8 Å². The van der Waals surface area contributed by atoms with Crippen molar-refractivity contribution in [2.45, 2.75) is 64.9 Å². The standard InChI is InChI=1S/C30H37NO7S/c1-20-7-5-8-28-30(20)24(15-23-9-11-25(12-10-23)34-13-6-14-36-39-4)18-31(28)29-17-26(37-22(3)33)16-27(38-29)19-35-21(2)32/h5,7-12,18,26-27,29H,6,13-17,19H2,1-4H3. The number of benzene rings is 2. The molecule has 4 rings (SSSR count). The molecule has 1 saturated heterocycles. The molecule has 3 unspecified atom stereocenters. The smallest absolute Gasteiger partial charge is 0.302 e. The third-order valence-electron chi connectivity index (χ3n) is 6.68. The van der Waals surface area contributed by atoms with Crippen molar-refractivity contribution in [3.8, 4) is 5.75 Å². The van der Waals surface area contributed by atoms with Gasteiger partial charge in [-0.15, -0.1) is 0 Å². The maximum Gasteiger partial charge on any atom is 0.302 e. The van der Waals surface area contributed by atoms with E-state index < -0.39 is 0 Å². The van der Waals surface area contributed by atoms with Gasteiger partial charge in [-0.05, 0) is 60.3 Å². The molecule has 0 amide bonds. The lowest BCUT2D eigenvalue weighted by molar-refractivity contribution is -0.178. The van der Waals surface area contributed by atoms with Crippen molar-refractivity contribution in [2.24, 2.45) is 0 Å².